The van der Waals surface area contributed by atoms with Gasteiger partial charge in [-0.15, -0.1) is 0 Å². The zero-order valence-electron chi connectivity index (χ0n) is 11.2. The number of amides is 2. The van der Waals surface area contributed by atoms with Crippen molar-refractivity contribution in [3.8, 4) is 0 Å². The second-order valence-electron chi connectivity index (χ2n) is 4.83. The minimum atomic E-state index is -1.11. The fourth-order valence-electron chi connectivity index (χ4n) is 2.08. The number of carbonyl (C=O) groups excluding carboxylic acids is 2. The van der Waals surface area contributed by atoms with Crippen molar-refractivity contribution in [2.45, 2.75) is 25.8 Å². The number of nitrogens with zero attached hydrogens (tertiary/aromatic N) is 1. The second kappa shape index (κ2) is 5.77. The van der Waals surface area contributed by atoms with Crippen LogP contribution in [0.5, 0.6) is 0 Å². The summed E-state index contributed by atoms with van der Waals surface area (Å²) in [4.78, 5) is 39.0. The molecule has 108 valence electrons. The number of carbonyl (C=O) groups is 3. The van der Waals surface area contributed by atoms with E-state index in [0.717, 1.165) is 25.9 Å². The average Bonchev–Trinajstić information content (AvgIpc) is 3.09. The summed E-state index contributed by atoms with van der Waals surface area (Å²) in [6, 6.07) is 0.472. The lowest BCUT2D eigenvalue weighted by Crippen LogP contribution is -2.38. The Morgan fingerprint density at radius 3 is 2.60 bits per heavy atom. The minimum absolute atomic E-state index is 0.132. The van der Waals surface area contributed by atoms with Gasteiger partial charge in [0.2, 0.25) is 0 Å². The molecule has 0 unspecified atom stereocenters. The first-order chi connectivity index (χ1) is 9.49. The predicted molar refractivity (Wildman–Crippen MR) is 70.5 cm³/mol. The summed E-state index contributed by atoms with van der Waals surface area (Å²) >= 11 is 0. The number of carboxylic acids is 1. The van der Waals surface area contributed by atoms with E-state index in [2.05, 4.69) is 10.3 Å². The molecule has 7 nitrogen and oxygen atoms in total. The van der Waals surface area contributed by atoms with E-state index in [1.54, 1.807) is 4.90 Å². The molecule has 0 spiro atoms. The van der Waals surface area contributed by atoms with Crippen molar-refractivity contribution >= 4 is 17.8 Å². The van der Waals surface area contributed by atoms with E-state index < -0.39 is 17.9 Å². The zero-order chi connectivity index (χ0) is 14.7. The van der Waals surface area contributed by atoms with Gasteiger partial charge < -0.3 is 20.3 Å². The van der Waals surface area contributed by atoms with Gasteiger partial charge in [0.05, 0.1) is 5.56 Å². The summed E-state index contributed by atoms with van der Waals surface area (Å²) in [5, 5.41) is 11.1. The van der Waals surface area contributed by atoms with Crippen molar-refractivity contribution in [3.05, 3.63) is 23.5 Å². The van der Waals surface area contributed by atoms with Crippen LogP contribution in [0.4, 0.5) is 0 Å². The minimum Gasteiger partial charge on any atom is -0.480 e. The molecule has 1 fully saturated rings. The van der Waals surface area contributed by atoms with E-state index >= 15 is 0 Å². The Bertz CT molecular complexity index is 531. The summed E-state index contributed by atoms with van der Waals surface area (Å²) in [6.45, 7) is 2.84. The van der Waals surface area contributed by atoms with E-state index in [1.807, 2.05) is 0 Å². The molecule has 0 radical (unpaired) electrons. The van der Waals surface area contributed by atoms with Gasteiger partial charge in [-0.1, -0.05) is 0 Å². The number of carboxylic acid groups (broad SMARTS) is 1. The number of nitrogens with one attached hydrogen (secondary N) is 2. The maximum atomic E-state index is 12.1. The van der Waals surface area contributed by atoms with Crippen LogP contribution in [0.1, 0.15) is 40.6 Å². The van der Waals surface area contributed by atoms with Crippen LogP contribution in [0, 0.1) is 0 Å². The van der Waals surface area contributed by atoms with Gasteiger partial charge in [-0.05, 0) is 25.8 Å². The Hall–Kier alpha value is -2.31. The highest BCUT2D eigenvalue weighted by Crippen LogP contribution is 2.13. The van der Waals surface area contributed by atoms with Gasteiger partial charge in [0.1, 0.15) is 11.7 Å². The molecule has 1 saturated heterocycles. The highest BCUT2D eigenvalue weighted by molar-refractivity contribution is 6.00. The monoisotopic (exact) mass is 279 g/mol. The molecule has 20 heavy (non-hydrogen) atoms. The normalized spacial score (nSPS) is 15.9. The van der Waals surface area contributed by atoms with Crippen molar-refractivity contribution in [1.82, 2.24) is 15.2 Å². The number of hydrogen-bond donors (Lipinski definition) is 3. The third-order valence-electron chi connectivity index (χ3n) is 3.29. The summed E-state index contributed by atoms with van der Waals surface area (Å²) in [5.41, 5.74) is 0.598. The van der Waals surface area contributed by atoms with Crippen molar-refractivity contribution in [3.63, 3.8) is 0 Å². The van der Waals surface area contributed by atoms with Crippen molar-refractivity contribution in [1.29, 1.82) is 0 Å². The zero-order valence-corrected chi connectivity index (χ0v) is 11.2. The van der Waals surface area contributed by atoms with Gasteiger partial charge in [-0.2, -0.15) is 0 Å². The molecule has 1 atom stereocenters. The van der Waals surface area contributed by atoms with Crippen LogP contribution >= 0.6 is 0 Å². The largest absolute Gasteiger partial charge is 0.480 e. The predicted octanol–water partition coefficient (Wildman–Crippen LogP) is 0.454. The van der Waals surface area contributed by atoms with E-state index in [4.69, 9.17) is 5.11 Å². The number of hydrogen-bond acceptors (Lipinski definition) is 3. The first-order valence-electron chi connectivity index (χ1n) is 6.50. The third-order valence-corrected chi connectivity index (χ3v) is 3.29. The molecule has 3 N–H and O–H groups in total. The SMILES string of the molecule is C[C@H](NC(=O)c1c[nH]c(C(=O)N2CCCC2)c1)C(=O)O. The molecule has 1 aliphatic heterocycles. The lowest BCUT2D eigenvalue weighted by Gasteiger charge is -2.13. The Kier molecular flexibility index (Phi) is 4.07. The maximum absolute atomic E-state index is 12.1. The molecule has 0 aromatic carbocycles. The molecule has 1 aromatic heterocycles. The van der Waals surface area contributed by atoms with Gasteiger partial charge in [0.15, 0.2) is 0 Å². The van der Waals surface area contributed by atoms with Gasteiger partial charge in [-0.25, -0.2) is 0 Å². The third kappa shape index (κ3) is 2.98. The van der Waals surface area contributed by atoms with E-state index in [0.29, 0.717) is 5.69 Å². The fourth-order valence-corrected chi connectivity index (χ4v) is 2.08. The van der Waals surface area contributed by atoms with Gasteiger partial charge >= 0.3 is 5.97 Å². The molecule has 1 aromatic rings. The molecule has 0 aliphatic carbocycles. The van der Waals surface area contributed by atoms with E-state index in [-0.39, 0.29) is 11.5 Å². The molecular weight excluding hydrogens is 262 g/mol. The van der Waals surface area contributed by atoms with Crippen molar-refractivity contribution < 1.29 is 19.5 Å². The van der Waals surface area contributed by atoms with Crippen molar-refractivity contribution in [2.75, 3.05) is 13.1 Å². The molecule has 2 rings (SSSR count). The number of H-pyrrole nitrogens is 1. The Labute approximate surface area is 116 Å². The molecule has 7 heteroatoms. The Morgan fingerprint density at radius 1 is 1.35 bits per heavy atom. The van der Waals surface area contributed by atoms with Crippen LogP contribution in [0.2, 0.25) is 0 Å². The lowest BCUT2D eigenvalue weighted by atomic mass is 10.2. The Balaban J connectivity index is 2.02. The summed E-state index contributed by atoms with van der Waals surface area (Å²) < 4.78 is 0. The summed E-state index contributed by atoms with van der Waals surface area (Å²) in [5.74, 6) is -1.76. The van der Waals surface area contributed by atoms with Gasteiger partial charge in [-0.3, -0.25) is 14.4 Å². The van der Waals surface area contributed by atoms with Crippen LogP contribution in [-0.4, -0.2) is 51.9 Å². The second-order valence-corrected chi connectivity index (χ2v) is 4.83. The first-order valence-corrected chi connectivity index (χ1v) is 6.50. The number of aromatic nitrogens is 1. The van der Waals surface area contributed by atoms with Crippen LogP contribution < -0.4 is 5.32 Å². The van der Waals surface area contributed by atoms with Gasteiger partial charge in [0.25, 0.3) is 11.8 Å². The topological polar surface area (TPSA) is 103 Å². The highest BCUT2D eigenvalue weighted by atomic mass is 16.4. The lowest BCUT2D eigenvalue weighted by molar-refractivity contribution is -0.138. The van der Waals surface area contributed by atoms with Crippen LogP contribution in [0.3, 0.4) is 0 Å². The van der Waals surface area contributed by atoms with Crippen LogP contribution in [0.15, 0.2) is 12.3 Å². The van der Waals surface area contributed by atoms with E-state index in [1.165, 1.54) is 19.2 Å². The molecule has 2 heterocycles. The number of aliphatic carboxylic acids is 1. The van der Waals surface area contributed by atoms with E-state index in [9.17, 15) is 14.4 Å². The number of rotatable bonds is 4. The molecular formula is C13H17N3O4. The number of aromatic amines is 1. The number of likely N-dealkylation sites (tertiary alicyclic amines) is 1. The fraction of sp³-hybridized carbons (Fsp3) is 0.462. The Morgan fingerprint density at radius 2 is 2.00 bits per heavy atom. The summed E-state index contributed by atoms with van der Waals surface area (Å²) in [7, 11) is 0. The first kappa shape index (κ1) is 14.1. The quantitative estimate of drug-likeness (QED) is 0.744. The maximum Gasteiger partial charge on any atom is 0.325 e. The van der Waals surface area contributed by atoms with Crippen molar-refractivity contribution in [2.24, 2.45) is 0 Å². The highest BCUT2D eigenvalue weighted by Gasteiger charge is 2.22. The molecule has 0 saturated carbocycles. The molecule has 0 bridgehead atoms. The molecule has 2 amide bonds. The van der Waals surface area contributed by atoms with Crippen LogP contribution in [0.25, 0.3) is 0 Å². The summed E-state index contributed by atoms with van der Waals surface area (Å²) in [6.07, 6.45) is 3.40. The molecule has 1 aliphatic rings. The standard InChI is InChI=1S/C13H17N3O4/c1-8(13(19)20)15-11(17)9-6-10(14-7-9)12(18)16-4-2-3-5-16/h6-8,14H,2-5H2,1H3,(H,15,17)(H,19,20)/t8-/m0/s1. The van der Waals surface area contributed by atoms with Gasteiger partial charge in [0, 0.05) is 19.3 Å². The van der Waals surface area contributed by atoms with Crippen LogP contribution in [-0.2, 0) is 4.79 Å². The average molecular weight is 279 g/mol. The smallest absolute Gasteiger partial charge is 0.325 e.